The van der Waals surface area contributed by atoms with Crippen LogP contribution in [0.25, 0.3) is 21.5 Å². The fraction of sp³-hybridized carbons (Fsp3) is 0.200. The van der Waals surface area contributed by atoms with E-state index in [-0.39, 0.29) is 0 Å². The van der Waals surface area contributed by atoms with Crippen molar-refractivity contribution >= 4 is 33.7 Å². The number of benzene rings is 1. The summed E-state index contributed by atoms with van der Waals surface area (Å²) in [6.07, 6.45) is 3.75. The lowest BCUT2D eigenvalue weighted by molar-refractivity contribution is 0.899. The zero-order valence-corrected chi connectivity index (χ0v) is 11.9. The second-order valence-electron chi connectivity index (χ2n) is 4.32. The third-order valence-electron chi connectivity index (χ3n) is 2.99. The fourth-order valence-corrected chi connectivity index (χ4v) is 3.06. The van der Waals surface area contributed by atoms with Crippen LogP contribution in [0.4, 0.5) is 0 Å². The Labute approximate surface area is 121 Å². The van der Waals surface area contributed by atoms with Gasteiger partial charge in [0.05, 0.1) is 5.69 Å². The lowest BCUT2D eigenvalue weighted by atomic mass is 10.1. The maximum absolute atomic E-state index is 5.72. The lowest BCUT2D eigenvalue weighted by Crippen LogP contribution is -1.88. The van der Waals surface area contributed by atoms with Crippen molar-refractivity contribution in [2.24, 2.45) is 0 Å². The van der Waals surface area contributed by atoms with Gasteiger partial charge in [0.2, 0.25) is 0 Å². The standard InChI is InChI=1S/C15H13ClN2S/c16-8-3-5-12-10-19-15(18-12)14-13-6-2-1-4-11(13)7-9-17-14/h1-2,4,6-7,9-10H,3,5,8H2. The van der Waals surface area contributed by atoms with E-state index in [1.165, 1.54) is 5.39 Å². The van der Waals surface area contributed by atoms with E-state index in [0.29, 0.717) is 5.88 Å². The van der Waals surface area contributed by atoms with Gasteiger partial charge in [-0.3, -0.25) is 4.98 Å². The number of halogens is 1. The maximum atomic E-state index is 5.72. The molecule has 0 bridgehead atoms. The number of aromatic nitrogens is 2. The van der Waals surface area contributed by atoms with Gasteiger partial charge in [-0.05, 0) is 24.3 Å². The fourth-order valence-electron chi connectivity index (χ4n) is 2.07. The molecule has 0 unspecified atom stereocenters. The minimum atomic E-state index is 0.680. The Morgan fingerprint density at radius 2 is 2.05 bits per heavy atom. The lowest BCUT2D eigenvalue weighted by Gasteiger charge is -2.01. The number of pyridine rings is 1. The minimum Gasteiger partial charge on any atom is -0.253 e. The SMILES string of the molecule is ClCCCc1csc(-c2nccc3ccccc23)n1. The van der Waals surface area contributed by atoms with E-state index in [1.54, 1.807) is 11.3 Å². The molecular formula is C15H13ClN2S. The molecule has 0 saturated carbocycles. The van der Waals surface area contributed by atoms with Gasteiger partial charge >= 0.3 is 0 Å². The molecule has 1 aromatic carbocycles. The average molecular weight is 289 g/mol. The average Bonchev–Trinajstić information content (AvgIpc) is 2.93. The highest BCUT2D eigenvalue weighted by atomic mass is 35.5. The third kappa shape index (κ3) is 2.62. The molecule has 3 rings (SSSR count). The van der Waals surface area contributed by atoms with Crippen molar-refractivity contribution in [2.45, 2.75) is 12.8 Å². The van der Waals surface area contributed by atoms with Gasteiger partial charge in [0, 0.05) is 22.8 Å². The molecule has 2 heterocycles. The molecule has 0 aliphatic heterocycles. The number of fused-ring (bicyclic) bond motifs is 1. The van der Waals surface area contributed by atoms with E-state index in [2.05, 4.69) is 27.5 Å². The van der Waals surface area contributed by atoms with Gasteiger partial charge in [0.1, 0.15) is 10.7 Å². The Bertz CT molecular complexity index is 688. The molecule has 3 aromatic rings. The third-order valence-corrected chi connectivity index (χ3v) is 4.16. The topological polar surface area (TPSA) is 25.8 Å². The first-order valence-corrected chi connectivity index (χ1v) is 7.64. The van der Waals surface area contributed by atoms with Crippen molar-refractivity contribution in [3.05, 3.63) is 47.6 Å². The number of aryl methyl sites for hydroxylation is 1. The molecule has 0 radical (unpaired) electrons. The van der Waals surface area contributed by atoms with Crippen LogP contribution < -0.4 is 0 Å². The van der Waals surface area contributed by atoms with Gasteiger partial charge in [-0.2, -0.15) is 0 Å². The summed E-state index contributed by atoms with van der Waals surface area (Å²) in [5.74, 6) is 0.680. The van der Waals surface area contributed by atoms with Crippen molar-refractivity contribution in [1.82, 2.24) is 9.97 Å². The van der Waals surface area contributed by atoms with Crippen LogP contribution in [0.1, 0.15) is 12.1 Å². The van der Waals surface area contributed by atoms with Gasteiger partial charge in [0.25, 0.3) is 0 Å². The first-order valence-electron chi connectivity index (χ1n) is 6.23. The largest absolute Gasteiger partial charge is 0.253 e. The van der Waals surface area contributed by atoms with Gasteiger partial charge in [-0.25, -0.2) is 4.98 Å². The summed E-state index contributed by atoms with van der Waals surface area (Å²) in [5.41, 5.74) is 2.08. The van der Waals surface area contributed by atoms with Crippen LogP contribution in [0, 0.1) is 0 Å². The Hall–Kier alpha value is -1.45. The van der Waals surface area contributed by atoms with Crippen LogP contribution in [-0.2, 0) is 6.42 Å². The van der Waals surface area contributed by atoms with Crippen molar-refractivity contribution in [2.75, 3.05) is 5.88 Å². The molecular weight excluding hydrogens is 276 g/mol. The van der Waals surface area contributed by atoms with Crippen molar-refractivity contribution in [3.63, 3.8) is 0 Å². The highest BCUT2D eigenvalue weighted by Crippen LogP contribution is 2.29. The number of hydrogen-bond acceptors (Lipinski definition) is 3. The molecule has 2 aromatic heterocycles. The molecule has 2 nitrogen and oxygen atoms in total. The van der Waals surface area contributed by atoms with E-state index < -0.39 is 0 Å². The van der Waals surface area contributed by atoms with Crippen LogP contribution >= 0.6 is 22.9 Å². The van der Waals surface area contributed by atoms with E-state index in [1.807, 2.05) is 24.4 Å². The Kier molecular flexibility index (Phi) is 3.76. The predicted octanol–water partition coefficient (Wildman–Crippen LogP) is 4.53. The molecule has 0 aliphatic carbocycles. The maximum Gasteiger partial charge on any atom is 0.142 e. The summed E-state index contributed by atoms with van der Waals surface area (Å²) in [6.45, 7) is 0. The molecule has 0 aliphatic rings. The van der Waals surface area contributed by atoms with Crippen LogP contribution in [0.15, 0.2) is 41.9 Å². The van der Waals surface area contributed by atoms with E-state index >= 15 is 0 Å². The van der Waals surface area contributed by atoms with Gasteiger partial charge < -0.3 is 0 Å². The molecule has 0 saturated heterocycles. The molecule has 19 heavy (non-hydrogen) atoms. The number of thiazole rings is 1. The van der Waals surface area contributed by atoms with Crippen molar-refractivity contribution in [1.29, 1.82) is 0 Å². The zero-order valence-electron chi connectivity index (χ0n) is 10.3. The Morgan fingerprint density at radius 1 is 1.16 bits per heavy atom. The van der Waals surface area contributed by atoms with Crippen LogP contribution in [-0.4, -0.2) is 15.8 Å². The van der Waals surface area contributed by atoms with Gasteiger partial charge in [-0.15, -0.1) is 22.9 Å². The van der Waals surface area contributed by atoms with Crippen LogP contribution in [0.2, 0.25) is 0 Å². The van der Waals surface area contributed by atoms with Gasteiger partial charge in [0.15, 0.2) is 0 Å². The summed E-state index contributed by atoms with van der Waals surface area (Å²) >= 11 is 7.37. The second-order valence-corrected chi connectivity index (χ2v) is 5.55. The monoisotopic (exact) mass is 288 g/mol. The van der Waals surface area contributed by atoms with E-state index in [4.69, 9.17) is 11.6 Å². The highest BCUT2D eigenvalue weighted by Gasteiger charge is 2.09. The minimum absolute atomic E-state index is 0.680. The van der Waals surface area contributed by atoms with E-state index in [9.17, 15) is 0 Å². The molecule has 0 atom stereocenters. The quantitative estimate of drug-likeness (QED) is 0.659. The number of hydrogen-bond donors (Lipinski definition) is 0. The summed E-state index contributed by atoms with van der Waals surface area (Å²) in [6, 6.07) is 10.3. The molecule has 4 heteroatoms. The molecule has 0 N–H and O–H groups in total. The number of rotatable bonds is 4. The predicted molar refractivity (Wildman–Crippen MR) is 81.9 cm³/mol. The smallest absolute Gasteiger partial charge is 0.142 e. The van der Waals surface area contributed by atoms with E-state index in [0.717, 1.165) is 34.6 Å². The van der Waals surface area contributed by atoms with Crippen molar-refractivity contribution in [3.8, 4) is 10.7 Å². The summed E-state index contributed by atoms with van der Waals surface area (Å²) in [4.78, 5) is 9.16. The first kappa shape index (κ1) is 12.6. The first-order chi connectivity index (χ1) is 9.38. The van der Waals surface area contributed by atoms with Gasteiger partial charge in [-0.1, -0.05) is 24.3 Å². The number of nitrogens with zero attached hydrogens (tertiary/aromatic N) is 2. The molecule has 0 spiro atoms. The summed E-state index contributed by atoms with van der Waals surface area (Å²) in [5, 5.41) is 5.44. The highest BCUT2D eigenvalue weighted by molar-refractivity contribution is 7.13. The normalized spacial score (nSPS) is 11.0. The Balaban J connectivity index is 2.02. The zero-order chi connectivity index (χ0) is 13.1. The number of alkyl halides is 1. The Morgan fingerprint density at radius 3 is 2.95 bits per heavy atom. The van der Waals surface area contributed by atoms with Crippen LogP contribution in [0.5, 0.6) is 0 Å². The van der Waals surface area contributed by atoms with Crippen LogP contribution in [0.3, 0.4) is 0 Å². The molecule has 0 fully saturated rings. The molecule has 0 amide bonds. The second kappa shape index (κ2) is 5.68. The summed E-state index contributed by atoms with van der Waals surface area (Å²) < 4.78 is 0. The van der Waals surface area contributed by atoms with Crippen molar-refractivity contribution < 1.29 is 0 Å². The molecule has 96 valence electrons. The summed E-state index contributed by atoms with van der Waals surface area (Å²) in [7, 11) is 0.